The summed E-state index contributed by atoms with van der Waals surface area (Å²) >= 11 is 4.73. The first kappa shape index (κ1) is 23.2. The summed E-state index contributed by atoms with van der Waals surface area (Å²) in [6.07, 6.45) is -0.562. The van der Waals surface area contributed by atoms with Crippen LogP contribution in [0, 0.1) is 0 Å². The van der Waals surface area contributed by atoms with Crippen LogP contribution in [0.25, 0.3) is 22.3 Å². The molecular weight excluding hydrogens is 408 g/mol. The highest BCUT2D eigenvalue weighted by atomic mass is 32.1. The predicted molar refractivity (Wildman–Crippen MR) is 128 cm³/mol. The van der Waals surface area contributed by atoms with Crippen molar-refractivity contribution in [3.63, 3.8) is 0 Å². The quantitative estimate of drug-likeness (QED) is 0.278. The van der Waals surface area contributed by atoms with Crippen LogP contribution in [0.4, 0.5) is 0 Å². The van der Waals surface area contributed by atoms with Gasteiger partial charge >= 0.3 is 0 Å². The lowest BCUT2D eigenvalue weighted by Crippen LogP contribution is -2.15. The fraction of sp³-hybridized carbons (Fsp3) is 0.308. The van der Waals surface area contributed by atoms with Crippen molar-refractivity contribution < 1.29 is 18.9 Å². The second kappa shape index (κ2) is 11.2. The Bertz CT molecular complexity index is 954. The van der Waals surface area contributed by atoms with Crippen molar-refractivity contribution in [1.29, 1.82) is 0 Å². The van der Waals surface area contributed by atoms with Gasteiger partial charge < -0.3 is 18.9 Å². The summed E-state index contributed by atoms with van der Waals surface area (Å²) in [5.74, 6) is 1.55. The highest BCUT2D eigenvalue weighted by Crippen LogP contribution is 2.38. The fourth-order valence-electron chi connectivity index (χ4n) is 3.42. The number of ether oxygens (including phenoxy) is 4. The number of thiol groups is 1. The minimum atomic E-state index is -0.283. The molecule has 2 atom stereocenters. The van der Waals surface area contributed by atoms with Gasteiger partial charge in [-0.1, -0.05) is 36.4 Å². The summed E-state index contributed by atoms with van der Waals surface area (Å²) in [6, 6.07) is 22.2. The first-order valence-corrected chi connectivity index (χ1v) is 11.1. The molecule has 0 radical (unpaired) electrons. The predicted octanol–water partition coefficient (Wildman–Crippen LogP) is 6.83. The average Bonchev–Trinajstić information content (AvgIpc) is 2.75. The Labute approximate surface area is 190 Å². The molecule has 0 fully saturated rings. The van der Waals surface area contributed by atoms with Gasteiger partial charge in [-0.05, 0) is 74.7 Å². The zero-order chi connectivity index (χ0) is 22.2. The standard InChI is InChI=1S/C26H30O4S/c1-5-27-18(3)29-22-14-10-20(11-15-22)24-8-7-9-25(31)26(24)21-12-16-23(17-13-21)30-19(4)28-6-2/h7-19,31H,5-6H2,1-4H3. The molecule has 164 valence electrons. The second-order valence-corrected chi connectivity index (χ2v) is 7.51. The molecule has 0 aliphatic heterocycles. The monoisotopic (exact) mass is 438 g/mol. The number of rotatable bonds is 10. The summed E-state index contributed by atoms with van der Waals surface area (Å²) in [5.41, 5.74) is 4.34. The van der Waals surface area contributed by atoms with Gasteiger partial charge in [0.1, 0.15) is 11.5 Å². The molecule has 0 aliphatic carbocycles. The molecule has 0 saturated carbocycles. The first-order valence-electron chi connectivity index (χ1n) is 10.6. The minimum absolute atomic E-state index is 0.279. The lowest BCUT2D eigenvalue weighted by atomic mass is 9.94. The summed E-state index contributed by atoms with van der Waals surface area (Å²) in [7, 11) is 0. The SMILES string of the molecule is CCOC(C)Oc1ccc(-c2cccc(S)c2-c2ccc(OC(C)OCC)cc2)cc1. The molecule has 4 nitrogen and oxygen atoms in total. The van der Waals surface area contributed by atoms with Gasteiger partial charge in [-0.3, -0.25) is 0 Å². The topological polar surface area (TPSA) is 36.9 Å². The van der Waals surface area contributed by atoms with Crippen LogP contribution in [0.3, 0.4) is 0 Å². The molecule has 0 bridgehead atoms. The van der Waals surface area contributed by atoms with Gasteiger partial charge in [0.2, 0.25) is 0 Å². The van der Waals surface area contributed by atoms with Gasteiger partial charge in [0.15, 0.2) is 12.6 Å². The largest absolute Gasteiger partial charge is 0.465 e. The highest BCUT2D eigenvalue weighted by molar-refractivity contribution is 7.80. The van der Waals surface area contributed by atoms with Crippen LogP contribution in [-0.2, 0) is 9.47 Å². The minimum Gasteiger partial charge on any atom is -0.465 e. The second-order valence-electron chi connectivity index (χ2n) is 7.03. The Balaban J connectivity index is 1.85. The van der Waals surface area contributed by atoms with Crippen molar-refractivity contribution in [2.24, 2.45) is 0 Å². The molecule has 0 saturated heterocycles. The normalized spacial score (nSPS) is 12.9. The van der Waals surface area contributed by atoms with E-state index in [0.717, 1.165) is 38.6 Å². The van der Waals surface area contributed by atoms with Gasteiger partial charge in [-0.15, -0.1) is 12.6 Å². The van der Waals surface area contributed by atoms with Gasteiger partial charge in [0, 0.05) is 23.7 Å². The van der Waals surface area contributed by atoms with Crippen LogP contribution in [0.1, 0.15) is 27.7 Å². The average molecular weight is 439 g/mol. The molecule has 5 heteroatoms. The Morgan fingerprint density at radius 2 is 1.16 bits per heavy atom. The van der Waals surface area contributed by atoms with Gasteiger partial charge in [-0.25, -0.2) is 0 Å². The van der Waals surface area contributed by atoms with E-state index in [9.17, 15) is 0 Å². The summed E-state index contributed by atoms with van der Waals surface area (Å²) in [5, 5.41) is 0. The van der Waals surface area contributed by atoms with Crippen LogP contribution in [0.5, 0.6) is 11.5 Å². The van der Waals surface area contributed by atoms with E-state index in [0.29, 0.717) is 13.2 Å². The third kappa shape index (κ3) is 6.26. The Morgan fingerprint density at radius 3 is 1.65 bits per heavy atom. The molecule has 0 spiro atoms. The van der Waals surface area contributed by atoms with E-state index in [1.807, 2.05) is 76.2 Å². The Hall–Kier alpha value is -2.47. The van der Waals surface area contributed by atoms with Crippen molar-refractivity contribution in [2.45, 2.75) is 45.2 Å². The van der Waals surface area contributed by atoms with Crippen molar-refractivity contribution >= 4 is 12.6 Å². The summed E-state index contributed by atoms with van der Waals surface area (Å²) in [6.45, 7) is 8.92. The third-order valence-electron chi connectivity index (χ3n) is 4.76. The van der Waals surface area contributed by atoms with E-state index in [1.54, 1.807) is 0 Å². The zero-order valence-electron chi connectivity index (χ0n) is 18.5. The Morgan fingerprint density at radius 1 is 0.677 bits per heavy atom. The molecule has 0 heterocycles. The van der Waals surface area contributed by atoms with Gasteiger partial charge in [0.25, 0.3) is 0 Å². The molecule has 31 heavy (non-hydrogen) atoms. The van der Waals surface area contributed by atoms with Crippen molar-refractivity contribution in [2.75, 3.05) is 13.2 Å². The fourth-order valence-corrected chi connectivity index (χ4v) is 3.75. The van der Waals surface area contributed by atoms with Gasteiger partial charge in [0.05, 0.1) is 0 Å². The van der Waals surface area contributed by atoms with E-state index in [-0.39, 0.29) is 12.6 Å². The molecule has 3 rings (SSSR count). The molecule has 0 aromatic heterocycles. The molecule has 0 aliphatic rings. The summed E-state index contributed by atoms with van der Waals surface area (Å²) in [4.78, 5) is 0.916. The number of benzene rings is 3. The molecule has 0 N–H and O–H groups in total. The van der Waals surface area contributed by atoms with Crippen molar-refractivity contribution in [1.82, 2.24) is 0 Å². The molecule has 3 aromatic rings. The van der Waals surface area contributed by atoms with E-state index in [4.69, 9.17) is 31.6 Å². The number of hydrogen-bond donors (Lipinski definition) is 1. The summed E-state index contributed by atoms with van der Waals surface area (Å²) < 4.78 is 22.5. The lowest BCUT2D eigenvalue weighted by molar-refractivity contribution is -0.0616. The van der Waals surface area contributed by atoms with Crippen LogP contribution in [0.2, 0.25) is 0 Å². The van der Waals surface area contributed by atoms with Crippen LogP contribution in [0.15, 0.2) is 71.6 Å². The first-order chi connectivity index (χ1) is 15.0. The highest BCUT2D eigenvalue weighted by Gasteiger charge is 2.12. The van der Waals surface area contributed by atoms with Gasteiger partial charge in [-0.2, -0.15) is 0 Å². The molecule has 3 aromatic carbocycles. The molecule has 0 amide bonds. The molecular formula is C26H30O4S. The van der Waals surface area contributed by atoms with Crippen molar-refractivity contribution in [3.8, 4) is 33.8 Å². The molecule has 2 unspecified atom stereocenters. The van der Waals surface area contributed by atoms with Crippen LogP contribution >= 0.6 is 12.6 Å². The van der Waals surface area contributed by atoms with Crippen molar-refractivity contribution in [3.05, 3.63) is 66.7 Å². The van der Waals surface area contributed by atoms with E-state index in [1.165, 1.54) is 0 Å². The van der Waals surface area contributed by atoms with E-state index < -0.39 is 0 Å². The maximum atomic E-state index is 5.79. The maximum Gasteiger partial charge on any atom is 0.196 e. The zero-order valence-corrected chi connectivity index (χ0v) is 19.4. The van der Waals surface area contributed by atoms with Crippen LogP contribution in [-0.4, -0.2) is 25.8 Å². The number of hydrogen-bond acceptors (Lipinski definition) is 5. The van der Waals surface area contributed by atoms with Crippen LogP contribution < -0.4 is 9.47 Å². The van der Waals surface area contributed by atoms with E-state index >= 15 is 0 Å². The lowest BCUT2D eigenvalue weighted by Gasteiger charge is -2.17. The Kier molecular flexibility index (Phi) is 8.41. The maximum absolute atomic E-state index is 5.79. The third-order valence-corrected chi connectivity index (χ3v) is 5.13. The van der Waals surface area contributed by atoms with E-state index in [2.05, 4.69) is 18.2 Å². The smallest absolute Gasteiger partial charge is 0.196 e.